The number of nitrogens with zero attached hydrogens (tertiary/aromatic N) is 3. The molecule has 0 amide bonds. The van der Waals surface area contributed by atoms with Gasteiger partial charge in [-0.15, -0.1) is 11.3 Å². The van der Waals surface area contributed by atoms with Gasteiger partial charge in [0.2, 0.25) is 5.28 Å². The Labute approximate surface area is 127 Å². The highest BCUT2D eigenvalue weighted by atomic mass is 35.5. The number of halogens is 1. The second-order valence-corrected chi connectivity index (χ2v) is 6.85. The number of hydrogen-bond donors (Lipinski definition) is 0. The van der Waals surface area contributed by atoms with Crippen molar-refractivity contribution >= 4 is 39.0 Å². The van der Waals surface area contributed by atoms with Crippen LogP contribution in [0.3, 0.4) is 0 Å². The normalized spacial score (nSPS) is 17.1. The lowest BCUT2D eigenvalue weighted by atomic mass is 9.98. The minimum Gasteiger partial charge on any atom is -0.384 e. The Hall–Kier alpha value is -0.910. The molecule has 0 aliphatic carbocycles. The van der Waals surface area contributed by atoms with Crippen LogP contribution in [0.1, 0.15) is 17.7 Å². The summed E-state index contributed by atoms with van der Waals surface area (Å²) in [6.45, 7) is 4.96. The molecule has 0 bridgehead atoms. The molecule has 0 aromatic carbocycles. The summed E-state index contributed by atoms with van der Waals surface area (Å²) in [6.07, 6.45) is 2.28. The van der Waals surface area contributed by atoms with Gasteiger partial charge in [0.25, 0.3) is 0 Å². The number of fused-ring (bicyclic) bond motifs is 1. The zero-order valence-electron chi connectivity index (χ0n) is 11.7. The monoisotopic (exact) mass is 311 g/mol. The lowest BCUT2D eigenvalue weighted by Gasteiger charge is -2.32. The molecule has 0 unspecified atom stereocenters. The van der Waals surface area contributed by atoms with Crippen LogP contribution in [0.5, 0.6) is 0 Å². The Morgan fingerprint density at radius 1 is 1.40 bits per heavy atom. The molecule has 3 rings (SSSR count). The SMILES string of the molecule is COCC1CCN(c2nc(Cl)nc3sc(C)cc23)CC1. The summed E-state index contributed by atoms with van der Waals surface area (Å²) in [5.41, 5.74) is 0. The topological polar surface area (TPSA) is 38.2 Å². The van der Waals surface area contributed by atoms with Crippen LogP contribution in [-0.4, -0.2) is 36.8 Å². The third-order valence-electron chi connectivity index (χ3n) is 3.78. The fraction of sp³-hybridized carbons (Fsp3) is 0.571. The molecule has 4 nitrogen and oxygen atoms in total. The summed E-state index contributed by atoms with van der Waals surface area (Å²) < 4.78 is 5.25. The number of hydrogen-bond acceptors (Lipinski definition) is 5. The molecule has 2 aromatic heterocycles. The van der Waals surface area contributed by atoms with Crippen LogP contribution in [-0.2, 0) is 4.74 Å². The molecule has 1 saturated heterocycles. The molecule has 0 saturated carbocycles. The van der Waals surface area contributed by atoms with Crippen LogP contribution >= 0.6 is 22.9 Å². The van der Waals surface area contributed by atoms with E-state index >= 15 is 0 Å². The Kier molecular flexibility index (Phi) is 4.10. The van der Waals surface area contributed by atoms with Gasteiger partial charge < -0.3 is 9.64 Å². The average Bonchev–Trinajstić information content (AvgIpc) is 2.79. The Bertz CT molecular complexity index is 608. The predicted molar refractivity (Wildman–Crippen MR) is 84.0 cm³/mol. The van der Waals surface area contributed by atoms with Crippen molar-refractivity contribution in [3.63, 3.8) is 0 Å². The maximum atomic E-state index is 6.07. The van der Waals surface area contributed by atoms with Gasteiger partial charge in [-0.1, -0.05) is 0 Å². The standard InChI is InChI=1S/C14H18ClN3OS/c1-9-7-11-12(16-14(15)17-13(11)20-9)18-5-3-10(4-6-18)8-19-2/h7,10H,3-6,8H2,1-2H3. The summed E-state index contributed by atoms with van der Waals surface area (Å²) in [7, 11) is 1.77. The molecule has 1 aliphatic rings. The maximum absolute atomic E-state index is 6.07. The largest absolute Gasteiger partial charge is 0.384 e. The highest BCUT2D eigenvalue weighted by molar-refractivity contribution is 7.18. The van der Waals surface area contributed by atoms with Gasteiger partial charge in [0.1, 0.15) is 10.6 Å². The van der Waals surface area contributed by atoms with E-state index in [1.54, 1.807) is 18.4 Å². The van der Waals surface area contributed by atoms with Gasteiger partial charge in [-0.25, -0.2) is 4.98 Å². The zero-order chi connectivity index (χ0) is 14.1. The third kappa shape index (κ3) is 2.75. The van der Waals surface area contributed by atoms with E-state index in [9.17, 15) is 0 Å². The van der Waals surface area contributed by atoms with Gasteiger partial charge in [0.15, 0.2) is 0 Å². The first-order valence-corrected chi connectivity index (χ1v) is 8.04. The van der Waals surface area contributed by atoms with Gasteiger partial charge in [-0.2, -0.15) is 4.98 Å². The summed E-state index contributed by atoms with van der Waals surface area (Å²) in [4.78, 5) is 13.3. The molecule has 0 spiro atoms. The number of aryl methyl sites for hydroxylation is 1. The van der Waals surface area contributed by atoms with E-state index in [-0.39, 0.29) is 0 Å². The van der Waals surface area contributed by atoms with Gasteiger partial charge in [-0.05, 0) is 43.4 Å². The molecule has 1 aliphatic heterocycles. The molecular weight excluding hydrogens is 294 g/mol. The van der Waals surface area contributed by atoms with Crippen LogP contribution in [0.25, 0.3) is 10.2 Å². The number of rotatable bonds is 3. The van der Waals surface area contributed by atoms with E-state index in [1.807, 2.05) is 0 Å². The predicted octanol–water partition coefficient (Wildman–Crippen LogP) is 3.52. The van der Waals surface area contributed by atoms with Gasteiger partial charge in [0.05, 0.1) is 5.39 Å². The lowest BCUT2D eigenvalue weighted by Crippen LogP contribution is -2.35. The number of methoxy groups -OCH3 is 1. The van der Waals surface area contributed by atoms with Crippen molar-refractivity contribution in [2.75, 3.05) is 31.7 Å². The molecule has 6 heteroatoms. The minimum atomic E-state index is 0.341. The van der Waals surface area contributed by atoms with Crippen LogP contribution in [0.2, 0.25) is 5.28 Å². The van der Waals surface area contributed by atoms with E-state index in [2.05, 4.69) is 27.9 Å². The highest BCUT2D eigenvalue weighted by Crippen LogP contribution is 2.33. The summed E-state index contributed by atoms with van der Waals surface area (Å²) in [5, 5.41) is 1.47. The lowest BCUT2D eigenvalue weighted by molar-refractivity contribution is 0.139. The highest BCUT2D eigenvalue weighted by Gasteiger charge is 2.22. The van der Waals surface area contributed by atoms with Crippen molar-refractivity contribution in [2.24, 2.45) is 5.92 Å². The van der Waals surface area contributed by atoms with Gasteiger partial charge >= 0.3 is 0 Å². The zero-order valence-corrected chi connectivity index (χ0v) is 13.3. The van der Waals surface area contributed by atoms with E-state index in [1.165, 1.54) is 4.88 Å². The van der Waals surface area contributed by atoms with Crippen LogP contribution < -0.4 is 4.90 Å². The Balaban J connectivity index is 1.87. The smallest absolute Gasteiger partial charge is 0.225 e. The van der Waals surface area contributed by atoms with Crippen LogP contribution in [0, 0.1) is 12.8 Å². The molecule has 0 radical (unpaired) electrons. The summed E-state index contributed by atoms with van der Waals surface area (Å²) in [6, 6.07) is 2.16. The summed E-state index contributed by atoms with van der Waals surface area (Å²) in [5.74, 6) is 1.65. The Morgan fingerprint density at radius 3 is 2.85 bits per heavy atom. The number of piperidine rings is 1. The molecule has 0 N–H and O–H groups in total. The molecule has 0 atom stereocenters. The first kappa shape index (κ1) is 14.0. The quantitative estimate of drug-likeness (QED) is 0.813. The van der Waals surface area contributed by atoms with Crippen LogP contribution in [0.4, 0.5) is 5.82 Å². The molecule has 2 aromatic rings. The maximum Gasteiger partial charge on any atom is 0.225 e. The fourth-order valence-corrected chi connectivity index (χ4v) is 3.88. The first-order valence-electron chi connectivity index (χ1n) is 6.85. The van der Waals surface area contributed by atoms with Crippen molar-refractivity contribution in [2.45, 2.75) is 19.8 Å². The molecule has 1 fully saturated rings. The number of ether oxygens (including phenoxy) is 1. The van der Waals surface area contributed by atoms with E-state index in [4.69, 9.17) is 16.3 Å². The average molecular weight is 312 g/mol. The van der Waals surface area contributed by atoms with Gasteiger partial charge in [-0.3, -0.25) is 0 Å². The number of thiophene rings is 1. The van der Waals surface area contributed by atoms with Crippen molar-refractivity contribution in [1.29, 1.82) is 0 Å². The third-order valence-corrected chi connectivity index (χ3v) is 4.90. The van der Waals surface area contributed by atoms with Crippen molar-refractivity contribution in [1.82, 2.24) is 9.97 Å². The van der Waals surface area contributed by atoms with Crippen molar-refractivity contribution < 1.29 is 4.74 Å². The molecule has 3 heterocycles. The Morgan fingerprint density at radius 2 is 2.15 bits per heavy atom. The first-order chi connectivity index (χ1) is 9.67. The van der Waals surface area contributed by atoms with Gasteiger partial charge in [0, 0.05) is 31.7 Å². The second-order valence-electron chi connectivity index (χ2n) is 5.28. The van der Waals surface area contributed by atoms with Crippen molar-refractivity contribution in [3.8, 4) is 0 Å². The molecular formula is C14H18ClN3OS. The summed E-state index contributed by atoms with van der Waals surface area (Å²) >= 11 is 7.74. The molecule has 108 valence electrons. The number of anilines is 1. The van der Waals surface area contributed by atoms with Crippen molar-refractivity contribution in [3.05, 3.63) is 16.2 Å². The van der Waals surface area contributed by atoms with Crippen LogP contribution in [0.15, 0.2) is 6.07 Å². The molecule has 20 heavy (non-hydrogen) atoms. The van der Waals surface area contributed by atoms with E-state index in [0.717, 1.165) is 48.6 Å². The van der Waals surface area contributed by atoms with E-state index in [0.29, 0.717) is 11.2 Å². The van der Waals surface area contributed by atoms with E-state index < -0.39 is 0 Å². The minimum absolute atomic E-state index is 0.341. The second kappa shape index (κ2) is 5.84. The number of aromatic nitrogens is 2. The fourth-order valence-electron chi connectivity index (χ4n) is 2.79.